The van der Waals surface area contributed by atoms with Gasteiger partial charge in [-0.05, 0) is 18.2 Å². The number of hydrogen-bond acceptors (Lipinski definition) is 2. The molecule has 0 aliphatic carbocycles. The Morgan fingerprint density at radius 2 is 2.23 bits per heavy atom. The molecule has 2 aromatic rings. The predicted octanol–water partition coefficient (Wildman–Crippen LogP) is 2.14. The van der Waals surface area contributed by atoms with Gasteiger partial charge in [-0.2, -0.15) is 0 Å². The van der Waals surface area contributed by atoms with Crippen LogP contribution in [0.15, 0.2) is 23.6 Å². The Balaban J connectivity index is 2.79. The van der Waals surface area contributed by atoms with Gasteiger partial charge in [0.2, 0.25) is 5.91 Å². The molecule has 1 heterocycles. The Morgan fingerprint density at radius 3 is 2.92 bits per heavy atom. The molecule has 1 aromatic carbocycles. The van der Waals surface area contributed by atoms with Crippen LogP contribution in [0.1, 0.15) is 10.4 Å². The van der Waals surface area contributed by atoms with Gasteiger partial charge in [-0.3, -0.25) is 4.79 Å². The molecule has 0 saturated heterocycles. The number of primary amides is 1. The summed E-state index contributed by atoms with van der Waals surface area (Å²) in [6.07, 6.45) is 0. The van der Waals surface area contributed by atoms with E-state index in [0.717, 1.165) is 4.70 Å². The van der Waals surface area contributed by atoms with Gasteiger partial charge >= 0.3 is 0 Å². The van der Waals surface area contributed by atoms with E-state index in [0.29, 0.717) is 10.9 Å². The smallest absolute Gasteiger partial charge is 0.250 e. The van der Waals surface area contributed by atoms with Gasteiger partial charge in [0, 0.05) is 15.5 Å². The fraction of sp³-hybridized carbons (Fsp3) is 0. The monoisotopic (exact) mass is 195 g/mol. The molecule has 66 valence electrons. The number of carbonyl (C=O) groups excluding carboxylic acids is 1. The van der Waals surface area contributed by atoms with Gasteiger partial charge in [0.1, 0.15) is 5.82 Å². The molecule has 13 heavy (non-hydrogen) atoms. The number of thiophene rings is 1. The minimum Gasteiger partial charge on any atom is -0.366 e. The molecule has 1 amide bonds. The maximum absolute atomic E-state index is 12.8. The van der Waals surface area contributed by atoms with Crippen molar-refractivity contribution in [3.63, 3.8) is 0 Å². The number of carbonyl (C=O) groups is 1. The molecule has 0 radical (unpaired) electrons. The highest BCUT2D eigenvalue weighted by Gasteiger charge is 2.08. The minimum absolute atomic E-state index is 0.353. The first kappa shape index (κ1) is 8.19. The SMILES string of the molecule is NC(=O)c1csc2ccc(F)cc12. The summed E-state index contributed by atoms with van der Waals surface area (Å²) in [5, 5.41) is 2.24. The summed E-state index contributed by atoms with van der Waals surface area (Å²) in [5.74, 6) is -0.870. The summed E-state index contributed by atoms with van der Waals surface area (Å²) in [6, 6.07) is 4.33. The molecule has 2 N–H and O–H groups in total. The quantitative estimate of drug-likeness (QED) is 0.744. The molecule has 0 saturated carbocycles. The summed E-state index contributed by atoms with van der Waals surface area (Å²) in [4.78, 5) is 10.9. The number of halogens is 1. The van der Waals surface area contributed by atoms with Crippen LogP contribution in [0.5, 0.6) is 0 Å². The summed E-state index contributed by atoms with van der Waals surface area (Å²) in [5.41, 5.74) is 5.51. The van der Waals surface area contributed by atoms with Gasteiger partial charge in [0.15, 0.2) is 0 Å². The molecular formula is C9H6FNOS. The van der Waals surface area contributed by atoms with Crippen LogP contribution in [0.25, 0.3) is 10.1 Å². The third-order valence-electron chi connectivity index (χ3n) is 1.80. The number of nitrogens with two attached hydrogens (primary N) is 1. The molecule has 0 bridgehead atoms. The number of hydrogen-bond donors (Lipinski definition) is 1. The fourth-order valence-corrected chi connectivity index (χ4v) is 2.12. The van der Waals surface area contributed by atoms with E-state index in [9.17, 15) is 9.18 Å². The molecule has 2 nitrogen and oxygen atoms in total. The van der Waals surface area contributed by atoms with E-state index in [-0.39, 0.29) is 5.82 Å². The van der Waals surface area contributed by atoms with Crippen molar-refractivity contribution >= 4 is 27.3 Å². The van der Waals surface area contributed by atoms with Crippen molar-refractivity contribution in [2.75, 3.05) is 0 Å². The summed E-state index contributed by atoms with van der Waals surface area (Å²) in [7, 11) is 0. The van der Waals surface area contributed by atoms with Gasteiger partial charge in [0.25, 0.3) is 0 Å². The molecule has 0 unspecified atom stereocenters. The van der Waals surface area contributed by atoms with E-state index >= 15 is 0 Å². The molecule has 0 aliphatic heterocycles. The molecule has 0 atom stereocenters. The lowest BCUT2D eigenvalue weighted by Gasteiger charge is -1.92. The second kappa shape index (κ2) is 2.81. The second-order valence-corrected chi connectivity index (χ2v) is 3.57. The first-order chi connectivity index (χ1) is 6.18. The molecular weight excluding hydrogens is 189 g/mol. The topological polar surface area (TPSA) is 43.1 Å². The molecule has 1 aromatic heterocycles. The van der Waals surface area contributed by atoms with Gasteiger partial charge in [-0.1, -0.05) is 0 Å². The Labute approximate surface area is 77.8 Å². The van der Waals surface area contributed by atoms with Crippen LogP contribution in [-0.4, -0.2) is 5.91 Å². The van der Waals surface area contributed by atoms with E-state index in [1.54, 1.807) is 11.4 Å². The van der Waals surface area contributed by atoms with Crippen molar-refractivity contribution in [2.45, 2.75) is 0 Å². The van der Waals surface area contributed by atoms with Crippen molar-refractivity contribution in [3.8, 4) is 0 Å². The van der Waals surface area contributed by atoms with Gasteiger partial charge < -0.3 is 5.73 Å². The zero-order valence-corrected chi connectivity index (χ0v) is 7.40. The lowest BCUT2D eigenvalue weighted by atomic mass is 10.2. The van der Waals surface area contributed by atoms with Crippen LogP contribution in [0, 0.1) is 5.82 Å². The zero-order chi connectivity index (χ0) is 9.42. The van der Waals surface area contributed by atoms with Crippen molar-refractivity contribution < 1.29 is 9.18 Å². The van der Waals surface area contributed by atoms with Gasteiger partial charge in [0.05, 0.1) is 5.56 Å². The first-order valence-electron chi connectivity index (χ1n) is 3.65. The Hall–Kier alpha value is -1.42. The molecule has 2 rings (SSSR count). The second-order valence-electron chi connectivity index (χ2n) is 2.65. The van der Waals surface area contributed by atoms with Crippen molar-refractivity contribution in [1.29, 1.82) is 0 Å². The van der Waals surface area contributed by atoms with Crippen LogP contribution in [0.3, 0.4) is 0 Å². The maximum Gasteiger partial charge on any atom is 0.250 e. The lowest BCUT2D eigenvalue weighted by molar-refractivity contribution is 0.100. The summed E-state index contributed by atoms with van der Waals surface area (Å²) < 4.78 is 13.7. The Morgan fingerprint density at radius 1 is 1.46 bits per heavy atom. The molecule has 4 heteroatoms. The standard InChI is InChI=1S/C9H6FNOS/c10-5-1-2-8-6(3-5)7(4-13-8)9(11)12/h1-4H,(H2,11,12). The molecule has 0 spiro atoms. The van der Waals surface area contributed by atoms with Crippen molar-refractivity contribution in [1.82, 2.24) is 0 Å². The van der Waals surface area contributed by atoms with Crippen molar-refractivity contribution in [2.24, 2.45) is 5.73 Å². The highest BCUT2D eigenvalue weighted by atomic mass is 32.1. The lowest BCUT2D eigenvalue weighted by Crippen LogP contribution is -2.09. The van der Waals surface area contributed by atoms with Crippen LogP contribution >= 0.6 is 11.3 Å². The van der Waals surface area contributed by atoms with Crippen LogP contribution in [-0.2, 0) is 0 Å². The van der Waals surface area contributed by atoms with E-state index in [1.165, 1.54) is 23.5 Å². The summed E-state index contributed by atoms with van der Waals surface area (Å²) in [6.45, 7) is 0. The Kier molecular flexibility index (Phi) is 1.77. The summed E-state index contributed by atoms with van der Waals surface area (Å²) >= 11 is 1.38. The number of rotatable bonds is 1. The third kappa shape index (κ3) is 1.29. The van der Waals surface area contributed by atoms with E-state index in [1.807, 2.05) is 0 Å². The van der Waals surface area contributed by atoms with E-state index in [2.05, 4.69) is 0 Å². The third-order valence-corrected chi connectivity index (χ3v) is 2.76. The number of fused-ring (bicyclic) bond motifs is 1. The average molecular weight is 195 g/mol. The van der Waals surface area contributed by atoms with Gasteiger partial charge in [-0.15, -0.1) is 11.3 Å². The van der Waals surface area contributed by atoms with Crippen LogP contribution < -0.4 is 5.73 Å². The van der Waals surface area contributed by atoms with E-state index < -0.39 is 5.91 Å². The number of amides is 1. The van der Waals surface area contributed by atoms with Crippen LogP contribution in [0.2, 0.25) is 0 Å². The highest BCUT2D eigenvalue weighted by Crippen LogP contribution is 2.26. The van der Waals surface area contributed by atoms with Crippen molar-refractivity contribution in [3.05, 3.63) is 35.0 Å². The Bertz CT molecular complexity index is 477. The van der Waals surface area contributed by atoms with Crippen LogP contribution in [0.4, 0.5) is 4.39 Å². The first-order valence-corrected chi connectivity index (χ1v) is 4.53. The maximum atomic E-state index is 12.8. The fourth-order valence-electron chi connectivity index (χ4n) is 1.19. The average Bonchev–Trinajstić information content (AvgIpc) is 2.46. The van der Waals surface area contributed by atoms with E-state index in [4.69, 9.17) is 5.73 Å². The normalized spacial score (nSPS) is 10.5. The minimum atomic E-state index is -0.517. The number of benzene rings is 1. The highest BCUT2D eigenvalue weighted by molar-refractivity contribution is 7.17. The molecule has 0 aliphatic rings. The predicted molar refractivity (Wildman–Crippen MR) is 50.3 cm³/mol. The van der Waals surface area contributed by atoms with Gasteiger partial charge in [-0.25, -0.2) is 4.39 Å². The largest absolute Gasteiger partial charge is 0.366 e. The molecule has 0 fully saturated rings. The zero-order valence-electron chi connectivity index (χ0n) is 6.58.